The minimum Gasteiger partial charge on any atom is -0.497 e. The highest BCUT2D eigenvalue weighted by molar-refractivity contribution is 6.34. The molecule has 0 bridgehead atoms. The van der Waals surface area contributed by atoms with Gasteiger partial charge in [-0.15, -0.1) is 10.2 Å². The molecule has 0 unspecified atom stereocenters. The SMILES string of the molecule is COc1ccc(-c2nnc(Cl)c3cc(OC)ccc23)c(OC)c1. The minimum atomic E-state index is 0.329. The number of rotatable bonds is 4. The van der Waals surface area contributed by atoms with E-state index in [1.165, 1.54) is 0 Å². The third-order valence-electron chi connectivity index (χ3n) is 3.61. The van der Waals surface area contributed by atoms with Crippen molar-refractivity contribution in [2.75, 3.05) is 21.3 Å². The fourth-order valence-electron chi connectivity index (χ4n) is 2.42. The van der Waals surface area contributed by atoms with Crippen LogP contribution < -0.4 is 14.2 Å². The Hall–Kier alpha value is -2.53. The van der Waals surface area contributed by atoms with Crippen molar-refractivity contribution < 1.29 is 14.2 Å². The lowest BCUT2D eigenvalue weighted by Crippen LogP contribution is -1.96. The summed E-state index contributed by atoms with van der Waals surface area (Å²) < 4.78 is 15.9. The van der Waals surface area contributed by atoms with E-state index in [-0.39, 0.29) is 0 Å². The monoisotopic (exact) mass is 330 g/mol. The van der Waals surface area contributed by atoms with Gasteiger partial charge in [0.15, 0.2) is 5.15 Å². The van der Waals surface area contributed by atoms with E-state index in [0.29, 0.717) is 28.1 Å². The third kappa shape index (κ3) is 2.75. The molecule has 1 heterocycles. The summed E-state index contributed by atoms with van der Waals surface area (Å²) >= 11 is 6.19. The summed E-state index contributed by atoms with van der Waals surface area (Å²) in [6, 6.07) is 11.2. The van der Waals surface area contributed by atoms with Crippen LogP contribution in [0.2, 0.25) is 5.15 Å². The summed E-state index contributed by atoms with van der Waals surface area (Å²) in [5, 5.41) is 10.3. The van der Waals surface area contributed by atoms with Crippen molar-refractivity contribution in [1.29, 1.82) is 0 Å². The second-order valence-electron chi connectivity index (χ2n) is 4.82. The third-order valence-corrected chi connectivity index (χ3v) is 3.88. The molecule has 5 nitrogen and oxygen atoms in total. The quantitative estimate of drug-likeness (QED) is 0.724. The van der Waals surface area contributed by atoms with E-state index in [1.807, 2.05) is 30.3 Å². The number of methoxy groups -OCH3 is 3. The summed E-state index contributed by atoms with van der Waals surface area (Å²) in [7, 11) is 4.82. The van der Waals surface area contributed by atoms with E-state index < -0.39 is 0 Å². The van der Waals surface area contributed by atoms with Gasteiger partial charge in [-0.25, -0.2) is 0 Å². The van der Waals surface area contributed by atoms with E-state index in [1.54, 1.807) is 27.4 Å². The maximum Gasteiger partial charge on any atom is 0.159 e. The molecule has 0 aliphatic heterocycles. The number of hydrogen-bond donors (Lipinski definition) is 0. The summed E-state index contributed by atoms with van der Waals surface area (Å²) in [5.41, 5.74) is 1.50. The molecule has 0 saturated carbocycles. The maximum absolute atomic E-state index is 6.19. The Balaban J connectivity index is 2.26. The van der Waals surface area contributed by atoms with Crippen LogP contribution in [0.5, 0.6) is 17.2 Å². The summed E-state index contributed by atoms with van der Waals surface area (Å²) in [6.45, 7) is 0. The zero-order valence-corrected chi connectivity index (χ0v) is 13.7. The summed E-state index contributed by atoms with van der Waals surface area (Å²) in [5.74, 6) is 2.07. The second-order valence-corrected chi connectivity index (χ2v) is 5.18. The van der Waals surface area contributed by atoms with E-state index >= 15 is 0 Å². The van der Waals surface area contributed by atoms with Crippen LogP contribution in [0, 0.1) is 0 Å². The van der Waals surface area contributed by atoms with E-state index in [9.17, 15) is 0 Å². The highest BCUT2D eigenvalue weighted by Crippen LogP contribution is 2.37. The predicted octanol–water partition coefficient (Wildman–Crippen LogP) is 3.98. The van der Waals surface area contributed by atoms with Crippen molar-refractivity contribution in [2.24, 2.45) is 0 Å². The average molecular weight is 331 g/mol. The lowest BCUT2D eigenvalue weighted by atomic mass is 10.0. The van der Waals surface area contributed by atoms with Gasteiger partial charge < -0.3 is 14.2 Å². The van der Waals surface area contributed by atoms with Crippen LogP contribution in [-0.2, 0) is 0 Å². The Kier molecular flexibility index (Phi) is 4.21. The van der Waals surface area contributed by atoms with Gasteiger partial charge in [-0.3, -0.25) is 0 Å². The molecule has 3 rings (SSSR count). The number of halogens is 1. The van der Waals surface area contributed by atoms with Crippen molar-refractivity contribution in [3.63, 3.8) is 0 Å². The molecular weight excluding hydrogens is 316 g/mol. The summed E-state index contributed by atoms with van der Waals surface area (Å²) in [6.07, 6.45) is 0. The number of benzene rings is 2. The molecule has 0 aliphatic carbocycles. The Morgan fingerprint density at radius 1 is 0.783 bits per heavy atom. The topological polar surface area (TPSA) is 53.5 Å². The van der Waals surface area contributed by atoms with Gasteiger partial charge in [0.2, 0.25) is 0 Å². The number of nitrogens with zero attached hydrogens (tertiary/aromatic N) is 2. The molecule has 6 heteroatoms. The van der Waals surface area contributed by atoms with Gasteiger partial charge in [-0.05, 0) is 30.3 Å². The van der Waals surface area contributed by atoms with Gasteiger partial charge in [0.25, 0.3) is 0 Å². The van der Waals surface area contributed by atoms with Gasteiger partial charge >= 0.3 is 0 Å². The Bertz CT molecular complexity index is 868. The Labute approximate surface area is 138 Å². The Morgan fingerprint density at radius 2 is 1.48 bits per heavy atom. The number of hydrogen-bond acceptors (Lipinski definition) is 5. The number of fused-ring (bicyclic) bond motifs is 1. The van der Waals surface area contributed by atoms with Gasteiger partial charge in [-0.1, -0.05) is 11.6 Å². The highest BCUT2D eigenvalue weighted by Gasteiger charge is 2.15. The molecule has 3 aromatic rings. The Morgan fingerprint density at radius 3 is 2.17 bits per heavy atom. The van der Waals surface area contributed by atoms with Crippen LogP contribution in [0.3, 0.4) is 0 Å². The van der Waals surface area contributed by atoms with Gasteiger partial charge in [-0.2, -0.15) is 0 Å². The predicted molar refractivity (Wildman–Crippen MR) is 89.6 cm³/mol. The van der Waals surface area contributed by atoms with Crippen molar-refractivity contribution in [2.45, 2.75) is 0 Å². The maximum atomic E-state index is 6.19. The van der Waals surface area contributed by atoms with Crippen LogP contribution in [0.4, 0.5) is 0 Å². The van der Waals surface area contributed by atoms with Crippen molar-refractivity contribution >= 4 is 22.4 Å². The molecule has 0 N–H and O–H groups in total. The van der Waals surface area contributed by atoms with Crippen molar-refractivity contribution in [1.82, 2.24) is 10.2 Å². The first kappa shape index (κ1) is 15.4. The smallest absolute Gasteiger partial charge is 0.159 e. The molecule has 0 atom stereocenters. The molecule has 1 aromatic heterocycles. The number of ether oxygens (including phenoxy) is 3. The molecular formula is C17H15ClN2O3. The molecule has 2 aromatic carbocycles. The summed E-state index contributed by atoms with van der Waals surface area (Å²) in [4.78, 5) is 0. The van der Waals surface area contributed by atoms with Crippen LogP contribution in [0.1, 0.15) is 0 Å². The van der Waals surface area contributed by atoms with E-state index in [0.717, 1.165) is 16.3 Å². The molecule has 23 heavy (non-hydrogen) atoms. The number of aromatic nitrogens is 2. The van der Waals surface area contributed by atoms with Crippen LogP contribution in [0.25, 0.3) is 22.0 Å². The molecule has 0 radical (unpaired) electrons. The normalized spacial score (nSPS) is 10.6. The standard InChI is InChI=1S/C17H15ClN2O3/c1-21-10-4-6-12-14(8-10)17(18)20-19-16(12)13-7-5-11(22-2)9-15(13)23-3/h4-9H,1-3H3. The molecule has 0 spiro atoms. The van der Waals surface area contributed by atoms with E-state index in [2.05, 4.69) is 10.2 Å². The van der Waals surface area contributed by atoms with E-state index in [4.69, 9.17) is 25.8 Å². The minimum absolute atomic E-state index is 0.329. The molecule has 118 valence electrons. The fraction of sp³-hybridized carbons (Fsp3) is 0.176. The van der Waals surface area contributed by atoms with Crippen LogP contribution in [0.15, 0.2) is 36.4 Å². The lowest BCUT2D eigenvalue weighted by molar-refractivity contribution is 0.395. The first-order valence-corrected chi connectivity index (χ1v) is 7.28. The van der Waals surface area contributed by atoms with Crippen LogP contribution in [-0.4, -0.2) is 31.5 Å². The van der Waals surface area contributed by atoms with Crippen molar-refractivity contribution in [3.8, 4) is 28.5 Å². The molecule has 0 aliphatic rings. The second kappa shape index (κ2) is 6.30. The van der Waals surface area contributed by atoms with Crippen LogP contribution >= 0.6 is 11.6 Å². The zero-order valence-electron chi connectivity index (χ0n) is 13.0. The fourth-order valence-corrected chi connectivity index (χ4v) is 2.62. The lowest BCUT2D eigenvalue weighted by Gasteiger charge is -2.12. The van der Waals surface area contributed by atoms with Gasteiger partial charge in [0.05, 0.1) is 21.3 Å². The van der Waals surface area contributed by atoms with Crippen molar-refractivity contribution in [3.05, 3.63) is 41.6 Å². The molecule has 0 amide bonds. The molecule has 0 fully saturated rings. The zero-order chi connectivity index (χ0) is 16.4. The molecule has 0 saturated heterocycles. The average Bonchev–Trinajstić information content (AvgIpc) is 2.61. The largest absolute Gasteiger partial charge is 0.497 e. The van der Waals surface area contributed by atoms with Gasteiger partial charge in [0, 0.05) is 22.4 Å². The first-order valence-electron chi connectivity index (χ1n) is 6.90. The van der Waals surface area contributed by atoms with Gasteiger partial charge in [0.1, 0.15) is 22.9 Å². The first-order chi connectivity index (χ1) is 11.2. The highest BCUT2D eigenvalue weighted by atomic mass is 35.5.